The van der Waals surface area contributed by atoms with E-state index in [4.69, 9.17) is 16.0 Å². The molecule has 10 heteroatoms. The Morgan fingerprint density at radius 2 is 1.85 bits per heavy atom. The SMILES string of the molecule is [C-]#[N+]c1cnc(N/C(=C/C(=O)c2ccc(CCN(Cc3ccccc3)C(=O)OC(C)(C)C)cc2OC)SC)cn1. The van der Waals surface area contributed by atoms with E-state index in [2.05, 4.69) is 20.1 Å². The average Bonchev–Trinajstić information content (AvgIpc) is 2.94. The number of carbonyl (C=O) groups is 2. The number of carbonyl (C=O) groups excluding carboxylic acids is 2. The van der Waals surface area contributed by atoms with Gasteiger partial charge in [0.25, 0.3) is 5.82 Å². The Bertz CT molecular complexity index is 1380. The van der Waals surface area contributed by atoms with Gasteiger partial charge in [0.2, 0.25) is 0 Å². The summed E-state index contributed by atoms with van der Waals surface area (Å²) in [5, 5.41) is 3.61. The molecule has 0 saturated carbocycles. The predicted molar refractivity (Wildman–Crippen MR) is 158 cm³/mol. The van der Waals surface area contributed by atoms with Crippen LogP contribution < -0.4 is 10.1 Å². The molecule has 0 unspecified atom stereocenters. The van der Waals surface area contributed by atoms with Crippen molar-refractivity contribution in [1.82, 2.24) is 14.9 Å². The van der Waals surface area contributed by atoms with Crippen LogP contribution in [-0.2, 0) is 17.7 Å². The van der Waals surface area contributed by atoms with Gasteiger partial charge < -0.3 is 24.5 Å². The fraction of sp³-hybridized carbons (Fsp3) is 0.300. The quantitative estimate of drug-likeness (QED) is 0.161. The minimum atomic E-state index is -0.608. The van der Waals surface area contributed by atoms with Gasteiger partial charge in [0.15, 0.2) is 17.8 Å². The predicted octanol–water partition coefficient (Wildman–Crippen LogP) is 6.51. The van der Waals surface area contributed by atoms with Crippen LogP contribution >= 0.6 is 11.8 Å². The van der Waals surface area contributed by atoms with Gasteiger partial charge in [-0.3, -0.25) is 4.79 Å². The minimum Gasteiger partial charge on any atom is -0.496 e. The zero-order chi connectivity index (χ0) is 29.1. The highest BCUT2D eigenvalue weighted by Crippen LogP contribution is 2.24. The Labute approximate surface area is 239 Å². The molecule has 0 aliphatic heterocycles. The molecule has 1 amide bonds. The smallest absolute Gasteiger partial charge is 0.410 e. The van der Waals surface area contributed by atoms with E-state index in [0.717, 1.165) is 11.1 Å². The molecule has 3 aromatic rings. The van der Waals surface area contributed by atoms with Gasteiger partial charge in [0.05, 0.1) is 23.9 Å². The maximum absolute atomic E-state index is 13.1. The zero-order valence-electron chi connectivity index (χ0n) is 23.3. The highest BCUT2D eigenvalue weighted by atomic mass is 32.2. The highest BCUT2D eigenvalue weighted by Gasteiger charge is 2.22. The molecule has 1 aromatic heterocycles. The number of nitrogens with zero attached hydrogens (tertiary/aromatic N) is 4. The second-order valence-corrected chi connectivity index (χ2v) is 10.6. The van der Waals surface area contributed by atoms with Crippen LogP contribution in [0, 0.1) is 6.57 Å². The number of aromatic nitrogens is 2. The number of anilines is 1. The van der Waals surface area contributed by atoms with Crippen LogP contribution in [0.2, 0.25) is 0 Å². The molecule has 0 spiro atoms. The van der Waals surface area contributed by atoms with Crippen molar-refractivity contribution in [3.63, 3.8) is 0 Å². The van der Waals surface area contributed by atoms with Crippen LogP contribution in [0.5, 0.6) is 5.75 Å². The van der Waals surface area contributed by atoms with E-state index in [9.17, 15) is 9.59 Å². The summed E-state index contributed by atoms with van der Waals surface area (Å²) in [4.78, 5) is 39.1. The Balaban J connectivity index is 1.74. The first-order valence-corrected chi connectivity index (χ1v) is 13.8. The lowest BCUT2D eigenvalue weighted by molar-refractivity contribution is 0.0235. The van der Waals surface area contributed by atoms with E-state index >= 15 is 0 Å². The Kier molecular flexibility index (Phi) is 10.7. The number of ketones is 1. The minimum absolute atomic E-state index is 0.190. The maximum Gasteiger partial charge on any atom is 0.410 e. The van der Waals surface area contributed by atoms with E-state index in [1.165, 1.54) is 37.3 Å². The van der Waals surface area contributed by atoms with Crippen molar-refractivity contribution in [2.24, 2.45) is 0 Å². The first-order valence-electron chi connectivity index (χ1n) is 12.6. The maximum atomic E-state index is 13.1. The number of ether oxygens (including phenoxy) is 2. The van der Waals surface area contributed by atoms with Gasteiger partial charge in [-0.25, -0.2) is 9.78 Å². The molecule has 1 heterocycles. The number of hydrogen-bond donors (Lipinski definition) is 1. The molecule has 1 N–H and O–H groups in total. The molecule has 0 atom stereocenters. The summed E-state index contributed by atoms with van der Waals surface area (Å²) in [7, 11) is 1.52. The molecule has 0 aliphatic carbocycles. The number of allylic oxidation sites excluding steroid dienone is 1. The molecule has 2 aromatic carbocycles. The number of hydrogen-bond acceptors (Lipinski definition) is 8. The first kappa shape index (κ1) is 30.2. The van der Waals surface area contributed by atoms with Crippen LogP contribution in [0.4, 0.5) is 16.4 Å². The third-order valence-electron chi connectivity index (χ3n) is 5.56. The lowest BCUT2D eigenvalue weighted by Crippen LogP contribution is -2.37. The van der Waals surface area contributed by atoms with Gasteiger partial charge in [0, 0.05) is 19.2 Å². The summed E-state index contributed by atoms with van der Waals surface area (Å²) in [5.41, 5.74) is 1.72. The summed E-state index contributed by atoms with van der Waals surface area (Å²) < 4.78 is 11.2. The number of benzene rings is 2. The molecule has 0 fully saturated rings. The van der Waals surface area contributed by atoms with Crippen molar-refractivity contribution >= 4 is 35.3 Å². The van der Waals surface area contributed by atoms with Crippen molar-refractivity contribution in [2.45, 2.75) is 39.3 Å². The van der Waals surface area contributed by atoms with Gasteiger partial charge in [-0.2, -0.15) is 0 Å². The standard InChI is InChI=1S/C30H33N5O4S/c1-30(2,3)39-29(37)35(20-22-10-8-7-9-11-22)15-14-21-12-13-23(25(16-21)38-5)24(36)17-28(40-6)34-27-19-32-26(31-4)18-33-27/h7-13,16-19H,14-15,20H2,1-3,5-6H3,(H,33,34)/b28-17-. The van der Waals surface area contributed by atoms with Gasteiger partial charge in [-0.15, -0.1) is 16.7 Å². The Hall–Kier alpha value is -4.36. The molecule has 208 valence electrons. The van der Waals surface area contributed by atoms with Gasteiger partial charge in [0.1, 0.15) is 11.4 Å². The van der Waals surface area contributed by atoms with Crippen molar-refractivity contribution in [2.75, 3.05) is 25.2 Å². The summed E-state index contributed by atoms with van der Waals surface area (Å²) in [5.74, 6) is 0.807. The third-order valence-corrected chi connectivity index (χ3v) is 6.22. The van der Waals surface area contributed by atoms with Crippen LogP contribution in [0.1, 0.15) is 42.3 Å². The fourth-order valence-corrected chi connectivity index (χ4v) is 4.07. The van der Waals surface area contributed by atoms with E-state index in [-0.39, 0.29) is 17.7 Å². The average molecular weight is 560 g/mol. The third kappa shape index (κ3) is 9.13. The first-order chi connectivity index (χ1) is 19.1. The molecule has 0 saturated heterocycles. The summed E-state index contributed by atoms with van der Waals surface area (Å²) >= 11 is 1.34. The number of nitrogens with one attached hydrogen (secondary N) is 1. The monoisotopic (exact) mass is 559 g/mol. The highest BCUT2D eigenvalue weighted by molar-refractivity contribution is 8.02. The number of amides is 1. The van der Waals surface area contributed by atoms with Crippen molar-refractivity contribution in [3.8, 4) is 5.75 Å². The summed E-state index contributed by atoms with van der Waals surface area (Å²) in [6.07, 6.45) is 6.27. The van der Waals surface area contributed by atoms with Crippen LogP contribution in [0.15, 0.2) is 72.0 Å². The van der Waals surface area contributed by atoms with Crippen LogP contribution in [-0.4, -0.2) is 52.3 Å². The molecule has 0 bridgehead atoms. The molecule has 0 aliphatic rings. The van der Waals surface area contributed by atoms with E-state index in [1.807, 2.05) is 69.5 Å². The molecule has 9 nitrogen and oxygen atoms in total. The van der Waals surface area contributed by atoms with E-state index < -0.39 is 5.60 Å². The lowest BCUT2D eigenvalue weighted by Gasteiger charge is -2.27. The van der Waals surface area contributed by atoms with Crippen molar-refractivity contribution < 1.29 is 19.1 Å². The normalized spacial score (nSPS) is 11.3. The Morgan fingerprint density at radius 1 is 1.10 bits per heavy atom. The second kappa shape index (κ2) is 14.1. The van der Waals surface area contributed by atoms with Crippen molar-refractivity contribution in [1.29, 1.82) is 0 Å². The van der Waals surface area contributed by atoms with Gasteiger partial charge >= 0.3 is 6.09 Å². The lowest BCUT2D eigenvalue weighted by atomic mass is 10.0. The van der Waals surface area contributed by atoms with Crippen LogP contribution in [0.25, 0.3) is 4.85 Å². The fourth-order valence-electron chi connectivity index (χ4n) is 3.64. The number of rotatable bonds is 11. The van der Waals surface area contributed by atoms with E-state index in [0.29, 0.717) is 41.7 Å². The summed E-state index contributed by atoms with van der Waals surface area (Å²) in [6, 6.07) is 15.2. The largest absolute Gasteiger partial charge is 0.496 e. The van der Waals surface area contributed by atoms with Crippen molar-refractivity contribution in [3.05, 3.63) is 100 Å². The second-order valence-electron chi connectivity index (χ2n) is 9.75. The van der Waals surface area contributed by atoms with E-state index in [1.54, 1.807) is 11.0 Å². The van der Waals surface area contributed by atoms with Gasteiger partial charge in [-0.1, -0.05) is 43.0 Å². The molecule has 3 rings (SSSR count). The topological polar surface area (TPSA) is 98.0 Å². The van der Waals surface area contributed by atoms with Crippen LogP contribution in [0.3, 0.4) is 0 Å². The molecule has 40 heavy (non-hydrogen) atoms. The number of methoxy groups -OCH3 is 1. The number of thioether (sulfide) groups is 1. The van der Waals surface area contributed by atoms with Gasteiger partial charge in [-0.05, 0) is 56.7 Å². The molecular weight excluding hydrogens is 526 g/mol. The summed E-state index contributed by atoms with van der Waals surface area (Å²) in [6.45, 7) is 13.4. The molecule has 0 radical (unpaired) electrons. The zero-order valence-corrected chi connectivity index (χ0v) is 24.1. The Morgan fingerprint density at radius 3 is 2.45 bits per heavy atom. The molecular formula is C30H33N5O4S.